The number of rotatable bonds is 16. The van der Waals surface area contributed by atoms with Crippen LogP contribution in [0.5, 0.6) is 0 Å². The highest BCUT2D eigenvalue weighted by molar-refractivity contribution is 6.99. The summed E-state index contributed by atoms with van der Waals surface area (Å²) in [5.41, 5.74) is 7.18. The molecular weight excluding hydrogens is 967 g/mol. The Hall–Kier alpha value is -4.72. The number of nitrogens with zero attached hydrogens (tertiary/aromatic N) is 5. The first-order chi connectivity index (χ1) is 34.4. The first kappa shape index (κ1) is 53.1. The van der Waals surface area contributed by atoms with E-state index in [0.29, 0.717) is 40.2 Å². The highest BCUT2D eigenvalue weighted by atomic mass is 28.4. The highest BCUT2D eigenvalue weighted by Crippen LogP contribution is 2.48. The van der Waals surface area contributed by atoms with Crippen molar-refractivity contribution in [1.82, 2.24) is 29.1 Å². The second-order valence-electron chi connectivity index (χ2n) is 22.7. The summed E-state index contributed by atoms with van der Waals surface area (Å²) in [6.07, 6.45) is -3.19. The van der Waals surface area contributed by atoms with Crippen LogP contribution in [-0.4, -0.2) is 112 Å². The molecule has 4 fully saturated rings. The summed E-state index contributed by atoms with van der Waals surface area (Å²) in [6.45, 7) is 27.4. The molecular formula is C53H73N7O11Si2. The molecule has 0 aliphatic carbocycles. The van der Waals surface area contributed by atoms with E-state index in [4.69, 9.17) is 48.0 Å². The van der Waals surface area contributed by atoms with Crippen molar-refractivity contribution < 1.29 is 42.4 Å². The number of nitrogen functional groups attached to an aromatic ring is 1. The van der Waals surface area contributed by atoms with Crippen LogP contribution in [0.2, 0.25) is 21.7 Å². The number of aliphatic hydroxyl groups is 1. The molecule has 73 heavy (non-hydrogen) atoms. The van der Waals surface area contributed by atoms with Crippen molar-refractivity contribution >= 4 is 50.1 Å². The van der Waals surface area contributed by atoms with E-state index in [1.165, 1.54) is 17.0 Å². The molecule has 4 aliphatic heterocycles. The molecule has 9 rings (SSSR count). The first-order valence-corrected chi connectivity index (χ1v) is 29.5. The number of aliphatic hydroxyl groups excluding tert-OH is 1. The van der Waals surface area contributed by atoms with Crippen molar-refractivity contribution in [2.45, 2.75) is 185 Å². The van der Waals surface area contributed by atoms with Crippen molar-refractivity contribution in [3.05, 3.63) is 111 Å². The minimum Gasteiger partial charge on any atom is -0.413 e. The maximum Gasteiger partial charge on any atom is 0.330 e. The zero-order valence-corrected chi connectivity index (χ0v) is 46.3. The van der Waals surface area contributed by atoms with Gasteiger partial charge in [-0.2, -0.15) is 0 Å². The van der Waals surface area contributed by atoms with Crippen LogP contribution in [0.15, 0.2) is 88.7 Å². The van der Waals surface area contributed by atoms with Crippen molar-refractivity contribution in [2.24, 2.45) is 0 Å². The minimum atomic E-state index is -3.15. The van der Waals surface area contributed by atoms with Gasteiger partial charge in [-0.3, -0.25) is 18.9 Å². The van der Waals surface area contributed by atoms with E-state index in [1.807, 2.05) is 50.2 Å². The van der Waals surface area contributed by atoms with Gasteiger partial charge in [0.1, 0.15) is 54.9 Å². The maximum absolute atomic E-state index is 14.2. The van der Waals surface area contributed by atoms with Gasteiger partial charge in [-0.15, -0.1) is 0 Å². The smallest absolute Gasteiger partial charge is 0.330 e. The van der Waals surface area contributed by atoms with Gasteiger partial charge >= 0.3 is 5.69 Å². The molecule has 3 aromatic heterocycles. The Morgan fingerprint density at radius 1 is 0.781 bits per heavy atom. The molecule has 7 heterocycles. The van der Waals surface area contributed by atoms with Gasteiger partial charge in [0.15, 0.2) is 49.3 Å². The summed E-state index contributed by atoms with van der Waals surface area (Å²) in [5, 5.41) is 13.9. The van der Waals surface area contributed by atoms with Crippen LogP contribution in [0.3, 0.4) is 0 Å². The lowest BCUT2D eigenvalue weighted by atomic mass is 10.0. The second kappa shape index (κ2) is 19.8. The van der Waals surface area contributed by atoms with Crippen molar-refractivity contribution in [1.29, 1.82) is 0 Å². The number of H-pyrrole nitrogens is 1. The van der Waals surface area contributed by atoms with E-state index in [-0.39, 0.29) is 18.1 Å². The molecule has 4 saturated heterocycles. The Balaban J connectivity index is 1.05. The molecule has 18 nitrogen and oxygen atoms in total. The van der Waals surface area contributed by atoms with E-state index < -0.39 is 99.7 Å². The number of benzene rings is 2. The Labute approximate surface area is 428 Å². The third-order valence-electron chi connectivity index (χ3n) is 15.1. The predicted molar refractivity (Wildman–Crippen MR) is 281 cm³/mol. The van der Waals surface area contributed by atoms with E-state index in [0.717, 1.165) is 10.4 Å². The number of fused-ring (bicyclic) bond motifs is 3. The number of aromatic nitrogens is 6. The highest BCUT2D eigenvalue weighted by Gasteiger charge is 2.60. The van der Waals surface area contributed by atoms with Gasteiger partial charge in [0.25, 0.3) is 13.9 Å². The third kappa shape index (κ3) is 9.55. The molecule has 0 amide bonds. The van der Waals surface area contributed by atoms with Gasteiger partial charge in [-0.1, -0.05) is 123 Å². The zero-order valence-electron chi connectivity index (χ0n) is 44.3. The normalized spacial score (nSPS) is 26.5. The van der Waals surface area contributed by atoms with Crippen LogP contribution in [-0.2, 0) is 43.9 Å². The van der Waals surface area contributed by atoms with E-state index in [1.54, 1.807) is 30.6 Å². The summed E-state index contributed by atoms with van der Waals surface area (Å²) in [5.74, 6) is -1.57. The first-order valence-electron chi connectivity index (χ1n) is 25.5. The lowest BCUT2D eigenvalue weighted by molar-refractivity contribution is -0.205. The van der Waals surface area contributed by atoms with E-state index >= 15 is 0 Å². The Kier molecular flexibility index (Phi) is 14.4. The standard InChI is InChI=1S/C53H73N7O11Si2/c1-30(2)72(31(3)4,32(5)6)64-28-37-42-44(70-52(10,11)68-42)49(66-37)60-38(57-40-46(54)55-29-56-47(40)60)25-24-36(61)41-43-45(71-53(12,13)69-43)48(67-41)59-33(26-39(62)58-50(59)63)27-65-73(51(7,8)9,34-20-16-14-17-21-34)35-22-18-15-19-23-35/h14-26,29-32,36-37,41-45,48-49,61H,27-28H2,1-13H3,(H2,54,55,56)(H,58,62,63)/b25-24-/t36-,37+,41+,42+,43+,44+,45+,48+,49+/m0/s1. The van der Waals surface area contributed by atoms with Crippen LogP contribution in [0.1, 0.15) is 114 Å². The summed E-state index contributed by atoms with van der Waals surface area (Å²) in [4.78, 5) is 43.6. The molecule has 0 unspecified atom stereocenters. The van der Waals surface area contributed by atoms with E-state index in [2.05, 4.69) is 102 Å². The van der Waals surface area contributed by atoms with Crippen LogP contribution in [0.4, 0.5) is 5.82 Å². The Bertz CT molecular complexity index is 2860. The zero-order chi connectivity index (χ0) is 52.6. The van der Waals surface area contributed by atoms with Gasteiger partial charge < -0.3 is 48.1 Å². The van der Waals surface area contributed by atoms with Crippen molar-refractivity contribution in [2.75, 3.05) is 12.3 Å². The number of nitrogens with two attached hydrogens (primary N) is 1. The average molecular weight is 1040 g/mol. The molecule has 394 valence electrons. The molecule has 4 N–H and O–H groups in total. The average Bonchev–Trinajstić information content (AvgIpc) is 4.10. The molecule has 0 bridgehead atoms. The van der Waals surface area contributed by atoms with Gasteiger partial charge in [0, 0.05) is 6.07 Å². The summed E-state index contributed by atoms with van der Waals surface area (Å²) in [6, 6.07) is 21.5. The Morgan fingerprint density at radius 2 is 1.33 bits per heavy atom. The topological polar surface area (TPSA) is 219 Å². The van der Waals surface area contributed by atoms with Crippen LogP contribution in [0, 0.1) is 0 Å². The lowest BCUT2D eigenvalue weighted by Gasteiger charge is -2.43. The van der Waals surface area contributed by atoms with Crippen LogP contribution >= 0.6 is 0 Å². The fraction of sp³-hybridized carbons (Fsp3) is 0.566. The van der Waals surface area contributed by atoms with Gasteiger partial charge in [0.2, 0.25) is 0 Å². The summed E-state index contributed by atoms with van der Waals surface area (Å²) < 4.78 is 57.2. The fourth-order valence-corrected chi connectivity index (χ4v) is 22.3. The molecule has 4 aliphatic rings. The van der Waals surface area contributed by atoms with Gasteiger partial charge in [0.05, 0.1) is 18.9 Å². The predicted octanol–water partition coefficient (Wildman–Crippen LogP) is 6.44. The van der Waals surface area contributed by atoms with Crippen LogP contribution in [0.25, 0.3) is 17.2 Å². The van der Waals surface area contributed by atoms with Crippen molar-refractivity contribution in [3.63, 3.8) is 0 Å². The third-order valence-corrected chi connectivity index (χ3v) is 26.2. The maximum atomic E-state index is 14.2. The number of imidazole rings is 1. The number of nitrogens with one attached hydrogen (secondary N) is 1. The van der Waals surface area contributed by atoms with Crippen LogP contribution < -0.4 is 27.4 Å². The molecule has 5 aromatic rings. The largest absolute Gasteiger partial charge is 0.413 e. The summed E-state index contributed by atoms with van der Waals surface area (Å²) >= 11 is 0. The molecule has 20 heteroatoms. The fourth-order valence-electron chi connectivity index (χ4n) is 12.3. The monoisotopic (exact) mass is 1040 g/mol. The quantitative estimate of drug-likeness (QED) is 0.0907. The molecule has 0 spiro atoms. The molecule has 0 saturated carbocycles. The minimum absolute atomic E-state index is 0.122. The summed E-state index contributed by atoms with van der Waals surface area (Å²) in [7, 11) is -5.46. The number of aromatic amines is 1. The molecule has 9 atom stereocenters. The number of hydrogen-bond donors (Lipinski definition) is 3. The molecule has 0 radical (unpaired) electrons. The number of anilines is 1. The second-order valence-corrected chi connectivity index (χ2v) is 32.5. The molecule has 2 aromatic carbocycles. The number of ether oxygens (including phenoxy) is 6. The van der Waals surface area contributed by atoms with Gasteiger partial charge in [-0.05, 0) is 71.9 Å². The Morgan fingerprint density at radius 3 is 1.90 bits per heavy atom. The van der Waals surface area contributed by atoms with Gasteiger partial charge in [-0.25, -0.2) is 19.7 Å². The van der Waals surface area contributed by atoms with E-state index in [9.17, 15) is 14.7 Å². The number of hydrogen-bond acceptors (Lipinski definition) is 15. The SMILES string of the molecule is CC(C)[Si](OC[C@H]1O[C@@H](n2c(/C=C\[C@H](O)[C@H]3O[C@@H](n4c(CO[Si](c5ccccc5)(c5ccccc5)C(C)(C)C)cc(=O)[nH]c4=O)[C@@H]4OC(C)(C)O[C@@H]43)nc3c(N)ncnc32)[C@@H]2OC(C)(C)O[C@@H]21)(C(C)C)C(C)C. The van der Waals surface area contributed by atoms with Crippen molar-refractivity contribution in [3.8, 4) is 0 Å². The lowest BCUT2D eigenvalue weighted by Crippen LogP contribution is -2.66.